The minimum absolute atomic E-state index is 0.0348. The molecule has 8 aromatic carbocycles. The summed E-state index contributed by atoms with van der Waals surface area (Å²) in [6.07, 6.45) is 3.12. The Labute approximate surface area is 310 Å². The second-order valence-electron chi connectivity index (χ2n) is 14.5. The maximum Gasteiger partial charge on any atom is 0.237 e. The van der Waals surface area contributed by atoms with E-state index in [4.69, 9.17) is 0 Å². The molecule has 0 fully saturated rings. The Balaban J connectivity index is 1.42. The highest BCUT2D eigenvalue weighted by atomic mass is 15.3. The first-order valence-electron chi connectivity index (χ1n) is 18.1. The molecule has 1 aromatic heterocycles. The van der Waals surface area contributed by atoms with Crippen molar-refractivity contribution in [1.82, 2.24) is 15.0 Å². The van der Waals surface area contributed by atoms with Crippen LogP contribution in [0.15, 0.2) is 176 Å². The molecule has 0 spiro atoms. The predicted molar refractivity (Wildman–Crippen MR) is 222 cm³/mol. The molecule has 0 N–H and O–H groups in total. The molecule has 0 aliphatic carbocycles. The third-order valence-electron chi connectivity index (χ3n) is 10.2. The van der Waals surface area contributed by atoms with Crippen molar-refractivity contribution in [3.63, 3.8) is 0 Å². The summed E-state index contributed by atoms with van der Waals surface area (Å²) >= 11 is 0. The van der Waals surface area contributed by atoms with Crippen LogP contribution in [-0.2, 0) is 5.41 Å². The molecule has 0 amide bonds. The zero-order chi connectivity index (χ0) is 35.9. The summed E-state index contributed by atoms with van der Waals surface area (Å²) in [5.74, 6) is 0.565. The van der Waals surface area contributed by atoms with Gasteiger partial charge in [0, 0.05) is 11.4 Å². The number of anilines is 3. The van der Waals surface area contributed by atoms with Crippen LogP contribution >= 0.6 is 0 Å². The van der Waals surface area contributed by atoms with Crippen LogP contribution in [0, 0.1) is 0 Å². The number of aromatic nitrogens is 3. The van der Waals surface area contributed by atoms with Crippen LogP contribution in [0.4, 0.5) is 17.3 Å². The summed E-state index contributed by atoms with van der Waals surface area (Å²) in [4.78, 5) is 15.6. The van der Waals surface area contributed by atoms with E-state index in [0.29, 0.717) is 5.95 Å². The normalized spacial score (nSPS) is 11.7. The molecule has 4 nitrogen and oxygen atoms in total. The number of hydrogen-bond acceptors (Lipinski definition) is 4. The van der Waals surface area contributed by atoms with E-state index in [2.05, 4.69) is 204 Å². The molecule has 0 atom stereocenters. The topological polar surface area (TPSA) is 41.9 Å². The lowest BCUT2D eigenvalue weighted by Crippen LogP contribution is -2.15. The zero-order valence-electron chi connectivity index (χ0n) is 30.0. The van der Waals surface area contributed by atoms with Crippen molar-refractivity contribution in [3.8, 4) is 33.4 Å². The van der Waals surface area contributed by atoms with Gasteiger partial charge in [-0.05, 0) is 107 Å². The Morgan fingerprint density at radius 3 is 1.58 bits per heavy atom. The van der Waals surface area contributed by atoms with E-state index in [-0.39, 0.29) is 5.41 Å². The number of hydrogen-bond donors (Lipinski definition) is 0. The molecule has 0 bridgehead atoms. The second kappa shape index (κ2) is 13.2. The second-order valence-corrected chi connectivity index (χ2v) is 14.5. The third-order valence-corrected chi connectivity index (χ3v) is 10.2. The monoisotopic (exact) mass is 682 g/mol. The molecule has 53 heavy (non-hydrogen) atoms. The van der Waals surface area contributed by atoms with Crippen molar-refractivity contribution in [2.75, 3.05) is 4.90 Å². The van der Waals surface area contributed by atoms with Crippen molar-refractivity contribution >= 4 is 49.6 Å². The Morgan fingerprint density at radius 1 is 0.434 bits per heavy atom. The number of benzene rings is 8. The quantitative estimate of drug-likeness (QED) is 0.164. The molecule has 254 valence electrons. The summed E-state index contributed by atoms with van der Waals surface area (Å²) in [6.45, 7) is 6.71. The standard InChI is InChI=1S/C49H38N4/c1-49(2,3)36-23-25-37(26-24-36)53(48-51-31-50-32-52-48)38-27-28-41-44(29-38)39-21-13-14-22-40(39)46-43(34-17-9-5-10-18-34)30-42(33-15-7-4-8-16-33)45(47(41)46)35-19-11-6-12-20-35/h4-32H,1-3H3. The van der Waals surface area contributed by atoms with Gasteiger partial charge in [-0.2, -0.15) is 0 Å². The van der Waals surface area contributed by atoms with Crippen molar-refractivity contribution in [1.29, 1.82) is 0 Å². The first-order valence-corrected chi connectivity index (χ1v) is 18.1. The molecule has 0 saturated carbocycles. The SMILES string of the molecule is CC(C)(C)c1ccc(N(c2ccc3c(c2)c2ccccc2c2c(-c4ccccc4)cc(-c4ccccc4)c(-c4ccccc4)c32)c2ncncn2)cc1. The van der Waals surface area contributed by atoms with Gasteiger partial charge >= 0.3 is 0 Å². The fraction of sp³-hybridized carbons (Fsp3) is 0.0816. The van der Waals surface area contributed by atoms with E-state index in [1.54, 1.807) is 12.7 Å². The van der Waals surface area contributed by atoms with Gasteiger partial charge in [0.2, 0.25) is 5.95 Å². The Bertz CT molecular complexity index is 2720. The van der Waals surface area contributed by atoms with Crippen LogP contribution in [0.25, 0.3) is 65.7 Å². The summed E-state index contributed by atoms with van der Waals surface area (Å²) in [6, 6.07) is 59.3. The summed E-state index contributed by atoms with van der Waals surface area (Å²) < 4.78 is 0. The van der Waals surface area contributed by atoms with Gasteiger partial charge in [0.1, 0.15) is 12.7 Å². The van der Waals surface area contributed by atoms with Crippen LogP contribution in [0.5, 0.6) is 0 Å². The summed E-state index contributed by atoms with van der Waals surface area (Å²) in [5, 5.41) is 7.24. The average molecular weight is 683 g/mol. The first kappa shape index (κ1) is 32.3. The molecule has 0 unspecified atom stereocenters. The zero-order valence-corrected chi connectivity index (χ0v) is 30.0. The molecule has 0 radical (unpaired) electrons. The van der Waals surface area contributed by atoms with Gasteiger partial charge in [-0.1, -0.05) is 154 Å². The van der Waals surface area contributed by atoms with Crippen molar-refractivity contribution in [2.45, 2.75) is 26.2 Å². The minimum Gasteiger partial charge on any atom is -0.279 e. The minimum atomic E-state index is 0.0348. The smallest absolute Gasteiger partial charge is 0.237 e. The Hall–Kier alpha value is -6.65. The van der Waals surface area contributed by atoms with E-state index in [1.165, 1.54) is 65.9 Å². The number of nitrogens with zero attached hydrogens (tertiary/aromatic N) is 4. The van der Waals surface area contributed by atoms with Gasteiger partial charge in [0.05, 0.1) is 0 Å². The van der Waals surface area contributed by atoms with Crippen LogP contribution in [-0.4, -0.2) is 15.0 Å². The Morgan fingerprint density at radius 2 is 0.962 bits per heavy atom. The fourth-order valence-corrected chi connectivity index (χ4v) is 7.71. The lowest BCUT2D eigenvalue weighted by molar-refractivity contribution is 0.590. The molecule has 9 aromatic rings. The lowest BCUT2D eigenvalue weighted by Gasteiger charge is -2.26. The van der Waals surface area contributed by atoms with E-state index in [1.807, 2.05) is 0 Å². The molecule has 9 rings (SSSR count). The van der Waals surface area contributed by atoms with E-state index >= 15 is 0 Å². The van der Waals surface area contributed by atoms with Crippen LogP contribution in [0.3, 0.4) is 0 Å². The van der Waals surface area contributed by atoms with E-state index in [0.717, 1.165) is 16.8 Å². The molecule has 1 heterocycles. The molecule has 0 aliphatic rings. The Kier molecular flexibility index (Phi) is 8.01. The highest BCUT2D eigenvalue weighted by Gasteiger charge is 2.23. The van der Waals surface area contributed by atoms with Gasteiger partial charge in [0.25, 0.3) is 0 Å². The fourth-order valence-electron chi connectivity index (χ4n) is 7.71. The van der Waals surface area contributed by atoms with E-state index in [9.17, 15) is 0 Å². The molecule has 0 aliphatic heterocycles. The van der Waals surface area contributed by atoms with Crippen LogP contribution in [0.1, 0.15) is 26.3 Å². The third kappa shape index (κ3) is 5.79. The first-order chi connectivity index (χ1) is 26.0. The van der Waals surface area contributed by atoms with Gasteiger partial charge < -0.3 is 0 Å². The molecular weight excluding hydrogens is 645 g/mol. The van der Waals surface area contributed by atoms with Crippen molar-refractivity contribution in [3.05, 3.63) is 182 Å². The van der Waals surface area contributed by atoms with Crippen molar-refractivity contribution in [2.24, 2.45) is 0 Å². The number of rotatable bonds is 6. The highest BCUT2D eigenvalue weighted by Crippen LogP contribution is 2.50. The summed E-state index contributed by atoms with van der Waals surface area (Å²) in [5.41, 5.74) is 10.5. The van der Waals surface area contributed by atoms with Gasteiger partial charge in [-0.15, -0.1) is 0 Å². The van der Waals surface area contributed by atoms with E-state index < -0.39 is 0 Å². The van der Waals surface area contributed by atoms with Crippen LogP contribution in [0.2, 0.25) is 0 Å². The molecular formula is C49H38N4. The van der Waals surface area contributed by atoms with Gasteiger partial charge in [-0.3, -0.25) is 4.90 Å². The maximum absolute atomic E-state index is 4.64. The predicted octanol–water partition coefficient (Wildman–Crippen LogP) is 13.1. The highest BCUT2D eigenvalue weighted by molar-refractivity contribution is 6.33. The number of fused-ring (bicyclic) bond motifs is 6. The average Bonchev–Trinajstić information content (AvgIpc) is 3.21. The summed E-state index contributed by atoms with van der Waals surface area (Å²) in [7, 11) is 0. The van der Waals surface area contributed by atoms with Crippen molar-refractivity contribution < 1.29 is 0 Å². The lowest BCUT2D eigenvalue weighted by atomic mass is 9.81. The molecule has 0 saturated heterocycles. The van der Waals surface area contributed by atoms with Crippen LogP contribution < -0.4 is 4.90 Å². The van der Waals surface area contributed by atoms with Gasteiger partial charge in [-0.25, -0.2) is 15.0 Å². The van der Waals surface area contributed by atoms with Gasteiger partial charge in [0.15, 0.2) is 0 Å². The largest absolute Gasteiger partial charge is 0.279 e. The molecule has 4 heteroatoms. The maximum atomic E-state index is 4.64.